The average molecular weight is 391 g/mol. The smallest absolute Gasteiger partial charge is 0.250 e. The molecule has 6 heteroatoms. The van der Waals surface area contributed by atoms with E-state index in [1.807, 2.05) is 55.5 Å². The van der Waals surface area contributed by atoms with Gasteiger partial charge in [0.2, 0.25) is 5.91 Å². The second-order valence-corrected chi connectivity index (χ2v) is 6.96. The molecule has 1 aromatic carbocycles. The van der Waals surface area contributed by atoms with Gasteiger partial charge in [0, 0.05) is 43.7 Å². The van der Waals surface area contributed by atoms with Crippen LogP contribution >= 0.6 is 0 Å². The lowest BCUT2D eigenvalue weighted by Crippen LogP contribution is -2.35. The quantitative estimate of drug-likeness (QED) is 0.641. The van der Waals surface area contributed by atoms with Gasteiger partial charge in [-0.05, 0) is 36.2 Å². The molecule has 1 N–H and O–H groups in total. The molecule has 2 heterocycles. The molecule has 6 nitrogen and oxygen atoms in total. The van der Waals surface area contributed by atoms with Gasteiger partial charge >= 0.3 is 0 Å². The molecule has 0 aliphatic rings. The number of hydrogen-bond donors (Lipinski definition) is 1. The molecular formula is C23H25N3O3. The fourth-order valence-electron chi connectivity index (χ4n) is 3.23. The number of aromatic nitrogens is 2. The van der Waals surface area contributed by atoms with Gasteiger partial charge in [0.25, 0.3) is 5.56 Å². The molecule has 3 aromatic rings. The Balaban J connectivity index is 1.74. The number of amides is 1. The third kappa shape index (κ3) is 5.62. The lowest BCUT2D eigenvalue weighted by molar-refractivity contribution is -0.133. The summed E-state index contributed by atoms with van der Waals surface area (Å²) in [5.74, 6) is -0.119. The molecule has 0 bridgehead atoms. The number of aliphatic hydroxyl groups excluding tert-OH is 1. The molecule has 0 radical (unpaired) electrons. The summed E-state index contributed by atoms with van der Waals surface area (Å²) in [6.45, 7) is 2.69. The van der Waals surface area contributed by atoms with Crippen LogP contribution in [0.1, 0.15) is 29.3 Å². The zero-order valence-corrected chi connectivity index (χ0v) is 16.4. The Labute approximate surface area is 170 Å². The zero-order valence-electron chi connectivity index (χ0n) is 16.4. The van der Waals surface area contributed by atoms with Crippen molar-refractivity contribution in [2.24, 2.45) is 0 Å². The first-order valence-corrected chi connectivity index (χ1v) is 9.61. The Kier molecular flexibility index (Phi) is 6.92. The van der Waals surface area contributed by atoms with Crippen LogP contribution in [-0.2, 0) is 17.9 Å². The van der Waals surface area contributed by atoms with E-state index in [2.05, 4.69) is 4.98 Å². The molecule has 0 saturated carbocycles. The average Bonchev–Trinajstić information content (AvgIpc) is 2.74. The monoisotopic (exact) mass is 391 g/mol. The summed E-state index contributed by atoms with van der Waals surface area (Å²) in [5, 5.41) is 10.6. The fraction of sp³-hybridized carbons (Fsp3) is 0.261. The summed E-state index contributed by atoms with van der Waals surface area (Å²) < 4.78 is 1.59. The molecule has 0 spiro atoms. The van der Waals surface area contributed by atoms with Gasteiger partial charge in [-0.25, -0.2) is 0 Å². The van der Waals surface area contributed by atoms with Crippen LogP contribution in [0.4, 0.5) is 0 Å². The molecule has 0 fully saturated rings. The lowest BCUT2D eigenvalue weighted by atomic mass is 10.1. The van der Waals surface area contributed by atoms with Gasteiger partial charge in [-0.1, -0.05) is 36.4 Å². The van der Waals surface area contributed by atoms with Crippen LogP contribution in [0.3, 0.4) is 0 Å². The van der Waals surface area contributed by atoms with Crippen molar-refractivity contribution in [3.8, 4) is 0 Å². The van der Waals surface area contributed by atoms with E-state index in [4.69, 9.17) is 0 Å². The Hall–Kier alpha value is -3.25. The SMILES string of the molecule is Cc1cccc(=O)n1CCC(=O)N(Cc1ccncc1)C[C@@H](O)c1ccccc1. The Morgan fingerprint density at radius 3 is 2.48 bits per heavy atom. The van der Waals surface area contributed by atoms with Crippen molar-refractivity contribution in [3.05, 3.63) is 100 Å². The summed E-state index contributed by atoms with van der Waals surface area (Å²) in [4.78, 5) is 30.7. The second-order valence-electron chi connectivity index (χ2n) is 6.96. The van der Waals surface area contributed by atoms with Gasteiger partial charge in [0.15, 0.2) is 0 Å². The van der Waals surface area contributed by atoms with Gasteiger partial charge in [-0.2, -0.15) is 0 Å². The van der Waals surface area contributed by atoms with Gasteiger partial charge < -0.3 is 14.6 Å². The summed E-state index contributed by atoms with van der Waals surface area (Å²) in [6.07, 6.45) is 2.75. The molecule has 0 saturated heterocycles. The number of rotatable bonds is 8. The topological polar surface area (TPSA) is 75.4 Å². The number of hydrogen-bond acceptors (Lipinski definition) is 4. The molecule has 0 unspecified atom stereocenters. The van der Waals surface area contributed by atoms with Crippen molar-refractivity contribution in [2.45, 2.75) is 32.5 Å². The van der Waals surface area contributed by atoms with Gasteiger partial charge in [0.1, 0.15) is 0 Å². The molecule has 2 aromatic heterocycles. The van der Waals surface area contributed by atoms with E-state index < -0.39 is 6.10 Å². The van der Waals surface area contributed by atoms with Crippen LogP contribution < -0.4 is 5.56 Å². The lowest BCUT2D eigenvalue weighted by Gasteiger charge is -2.26. The summed E-state index contributed by atoms with van der Waals surface area (Å²) in [5.41, 5.74) is 2.38. The van der Waals surface area contributed by atoms with Gasteiger partial charge in [0.05, 0.1) is 12.6 Å². The van der Waals surface area contributed by atoms with E-state index in [1.165, 1.54) is 6.07 Å². The first-order chi connectivity index (χ1) is 14.0. The molecule has 29 heavy (non-hydrogen) atoms. The van der Waals surface area contributed by atoms with Crippen molar-refractivity contribution in [1.82, 2.24) is 14.5 Å². The number of carbonyl (C=O) groups is 1. The predicted octanol–water partition coefficient (Wildman–Crippen LogP) is 2.70. The van der Waals surface area contributed by atoms with Gasteiger partial charge in [-0.3, -0.25) is 14.6 Å². The minimum Gasteiger partial charge on any atom is -0.387 e. The minimum absolute atomic E-state index is 0.119. The molecular weight excluding hydrogens is 366 g/mol. The van der Waals surface area contributed by atoms with Crippen molar-refractivity contribution in [3.63, 3.8) is 0 Å². The molecule has 150 valence electrons. The number of pyridine rings is 2. The predicted molar refractivity (Wildman–Crippen MR) is 111 cm³/mol. The maximum Gasteiger partial charge on any atom is 0.250 e. The minimum atomic E-state index is -0.789. The van der Waals surface area contributed by atoms with E-state index >= 15 is 0 Å². The van der Waals surface area contributed by atoms with Crippen LogP contribution in [0.25, 0.3) is 0 Å². The molecule has 1 amide bonds. The molecule has 0 aliphatic heterocycles. The van der Waals surface area contributed by atoms with Crippen molar-refractivity contribution < 1.29 is 9.90 Å². The highest BCUT2D eigenvalue weighted by Gasteiger charge is 2.19. The summed E-state index contributed by atoms with van der Waals surface area (Å²) in [6, 6.07) is 18.0. The Morgan fingerprint density at radius 2 is 1.79 bits per heavy atom. The van der Waals surface area contributed by atoms with Crippen LogP contribution in [-0.4, -0.2) is 32.0 Å². The van der Waals surface area contributed by atoms with E-state index in [0.29, 0.717) is 13.1 Å². The van der Waals surface area contributed by atoms with Crippen molar-refractivity contribution >= 4 is 5.91 Å². The first-order valence-electron chi connectivity index (χ1n) is 9.61. The van der Waals surface area contributed by atoms with E-state index in [1.54, 1.807) is 27.9 Å². The van der Waals surface area contributed by atoms with Crippen molar-refractivity contribution in [1.29, 1.82) is 0 Å². The van der Waals surface area contributed by atoms with Crippen LogP contribution in [0.2, 0.25) is 0 Å². The van der Waals surface area contributed by atoms with Crippen LogP contribution in [0.5, 0.6) is 0 Å². The third-order valence-electron chi connectivity index (χ3n) is 4.87. The maximum atomic E-state index is 13.0. The van der Waals surface area contributed by atoms with Gasteiger partial charge in [-0.15, -0.1) is 0 Å². The van der Waals surface area contributed by atoms with Crippen LogP contribution in [0, 0.1) is 6.92 Å². The van der Waals surface area contributed by atoms with Crippen molar-refractivity contribution in [2.75, 3.05) is 6.54 Å². The zero-order chi connectivity index (χ0) is 20.6. The number of nitrogens with zero attached hydrogens (tertiary/aromatic N) is 3. The molecule has 3 rings (SSSR count). The normalized spacial score (nSPS) is 11.8. The second kappa shape index (κ2) is 9.80. The maximum absolute atomic E-state index is 13.0. The first kappa shape index (κ1) is 20.5. The summed E-state index contributed by atoms with van der Waals surface area (Å²) >= 11 is 0. The Bertz CT molecular complexity index is 987. The summed E-state index contributed by atoms with van der Waals surface area (Å²) in [7, 11) is 0. The number of carbonyl (C=O) groups excluding carboxylic acids is 1. The standard InChI is InChI=1S/C23H25N3O3/c1-18-6-5-9-23(29)26(18)15-12-22(28)25(16-19-10-13-24-14-11-19)17-21(27)20-7-3-2-4-8-20/h2-11,13-14,21,27H,12,15-17H2,1H3/t21-/m1/s1. The highest BCUT2D eigenvalue weighted by molar-refractivity contribution is 5.76. The largest absolute Gasteiger partial charge is 0.387 e. The number of aliphatic hydroxyl groups is 1. The Morgan fingerprint density at radius 1 is 1.07 bits per heavy atom. The van der Waals surface area contributed by atoms with E-state index in [0.717, 1.165) is 16.8 Å². The van der Waals surface area contributed by atoms with E-state index in [9.17, 15) is 14.7 Å². The highest BCUT2D eigenvalue weighted by atomic mass is 16.3. The number of benzene rings is 1. The van der Waals surface area contributed by atoms with E-state index in [-0.39, 0.29) is 24.4 Å². The third-order valence-corrected chi connectivity index (χ3v) is 4.87. The molecule has 0 aliphatic carbocycles. The fourth-order valence-corrected chi connectivity index (χ4v) is 3.23. The molecule has 1 atom stereocenters. The van der Waals surface area contributed by atoms with Crippen LogP contribution in [0.15, 0.2) is 77.9 Å². The number of aryl methyl sites for hydroxylation is 1. The highest BCUT2D eigenvalue weighted by Crippen LogP contribution is 2.16.